The fourth-order valence-electron chi connectivity index (χ4n) is 0.0833. The van der Waals surface area contributed by atoms with Gasteiger partial charge in [0.05, 0.1) is 0 Å². The number of rotatable bonds is 1. The van der Waals surface area contributed by atoms with E-state index in [1.807, 2.05) is 6.92 Å². The molecule has 0 unspecified atom stereocenters. The normalized spacial score (nSPS) is 7.67. The van der Waals surface area contributed by atoms with Crippen molar-refractivity contribution in [3.05, 3.63) is 0 Å². The van der Waals surface area contributed by atoms with Gasteiger partial charge in [-0.15, -0.1) is 0 Å². The third-order valence-electron chi connectivity index (χ3n) is 0.420. The lowest BCUT2D eigenvalue weighted by Gasteiger charge is -1.90. The van der Waals surface area contributed by atoms with E-state index in [2.05, 4.69) is 23.0 Å². The summed E-state index contributed by atoms with van der Waals surface area (Å²) < 4.78 is 0. The van der Waals surface area contributed by atoms with Crippen LogP contribution in [0.15, 0.2) is 0 Å². The van der Waals surface area contributed by atoms with Gasteiger partial charge in [0.25, 0.3) is 0 Å². The van der Waals surface area contributed by atoms with Gasteiger partial charge in [0.1, 0.15) is 0 Å². The van der Waals surface area contributed by atoms with E-state index in [9.17, 15) is 0 Å². The van der Waals surface area contributed by atoms with E-state index in [0.717, 1.165) is 0 Å². The van der Waals surface area contributed by atoms with Gasteiger partial charge in [0.15, 0.2) is 5.05 Å². The van der Waals surface area contributed by atoms with Gasteiger partial charge in [-0.05, 0) is 12.2 Å². The van der Waals surface area contributed by atoms with Crippen LogP contribution in [0, 0.1) is 0 Å². The molecule has 0 rings (SSSR count). The van der Waals surface area contributed by atoms with Gasteiger partial charge in [-0.2, -0.15) is 5.90 Å². The molecule has 0 aliphatic heterocycles. The molecule has 0 fully saturated rings. The maximum Gasteiger partial charge on any atom is 0.186 e. The first-order valence-electron chi connectivity index (χ1n) is 1.70. The molecule has 0 heterocycles. The maximum absolute atomic E-state index is 4.64. The van der Waals surface area contributed by atoms with Crippen LogP contribution in [0.2, 0.25) is 0 Å². The Kier molecular flexibility index (Phi) is 2.98. The van der Waals surface area contributed by atoms with Crippen LogP contribution >= 0.6 is 12.2 Å². The molecule has 3 heteroatoms. The quantitative estimate of drug-likeness (QED) is 0.392. The van der Waals surface area contributed by atoms with E-state index >= 15 is 0 Å². The van der Waals surface area contributed by atoms with Crippen molar-refractivity contribution >= 4 is 17.3 Å². The molecule has 0 atom stereocenters. The fourth-order valence-corrected chi connectivity index (χ4v) is 0.0833. The molecule has 0 amide bonds. The van der Waals surface area contributed by atoms with Gasteiger partial charge in [0, 0.05) is 6.42 Å². The molecule has 6 heavy (non-hydrogen) atoms. The molecule has 0 aliphatic rings. The summed E-state index contributed by atoms with van der Waals surface area (Å²) in [6, 6.07) is 0. The Morgan fingerprint density at radius 3 is 2.50 bits per heavy atom. The molecule has 0 aromatic carbocycles. The lowest BCUT2D eigenvalue weighted by Crippen LogP contribution is -2.04. The van der Waals surface area contributed by atoms with Gasteiger partial charge in [-0.3, -0.25) is 0 Å². The van der Waals surface area contributed by atoms with Crippen LogP contribution < -0.4 is 5.90 Å². The maximum atomic E-state index is 4.64. The van der Waals surface area contributed by atoms with Gasteiger partial charge in [0.2, 0.25) is 0 Å². The van der Waals surface area contributed by atoms with E-state index < -0.39 is 0 Å². The average Bonchev–Trinajstić information content (AvgIpc) is 1.65. The summed E-state index contributed by atoms with van der Waals surface area (Å²) in [5.74, 6) is 4.64. The molecule has 0 spiro atoms. The second-order valence-corrected chi connectivity index (χ2v) is 1.30. The first-order valence-corrected chi connectivity index (χ1v) is 2.11. The van der Waals surface area contributed by atoms with E-state index in [-0.39, 0.29) is 0 Å². The van der Waals surface area contributed by atoms with Crippen LogP contribution in [0.4, 0.5) is 0 Å². The van der Waals surface area contributed by atoms with Crippen molar-refractivity contribution in [2.75, 3.05) is 0 Å². The van der Waals surface area contributed by atoms with Crippen LogP contribution in [-0.2, 0) is 4.84 Å². The van der Waals surface area contributed by atoms with Crippen LogP contribution in [0.5, 0.6) is 0 Å². The molecule has 2 nitrogen and oxygen atoms in total. The molecule has 0 radical (unpaired) electrons. The Labute approximate surface area is 42.2 Å². The molecule has 2 N–H and O–H groups in total. The molecular weight excluding hydrogens is 98.1 g/mol. The first-order chi connectivity index (χ1) is 2.81. The van der Waals surface area contributed by atoms with Gasteiger partial charge in [-0.1, -0.05) is 6.92 Å². The minimum absolute atomic E-state index is 0.454. The summed E-state index contributed by atoms with van der Waals surface area (Å²) >= 11 is 4.51. The van der Waals surface area contributed by atoms with Crippen LogP contribution in [0.3, 0.4) is 0 Å². The number of thiocarbonyl (C=S) groups is 1. The summed E-state index contributed by atoms with van der Waals surface area (Å²) in [4.78, 5) is 4.13. The number of nitrogens with two attached hydrogens (primary N) is 1. The first kappa shape index (κ1) is 5.85. The third-order valence-corrected chi connectivity index (χ3v) is 0.805. The van der Waals surface area contributed by atoms with Gasteiger partial charge < -0.3 is 4.84 Å². The summed E-state index contributed by atoms with van der Waals surface area (Å²) in [5.41, 5.74) is 0. The van der Waals surface area contributed by atoms with E-state index in [0.29, 0.717) is 11.5 Å². The second kappa shape index (κ2) is 3.06. The molecule has 36 valence electrons. The Balaban J connectivity index is 2.99. The van der Waals surface area contributed by atoms with Crippen LogP contribution in [0.1, 0.15) is 13.3 Å². The minimum Gasteiger partial charge on any atom is -0.404 e. The summed E-state index contributed by atoms with van der Waals surface area (Å²) in [6.45, 7) is 1.88. The molecular formula is C3H7NOS. The lowest BCUT2D eigenvalue weighted by atomic mass is 10.5. The highest BCUT2D eigenvalue weighted by atomic mass is 32.1. The predicted molar refractivity (Wildman–Crippen MR) is 28.2 cm³/mol. The molecule has 0 aromatic rings. The van der Waals surface area contributed by atoms with Crippen molar-refractivity contribution < 1.29 is 4.84 Å². The molecule has 0 saturated heterocycles. The predicted octanol–water partition coefficient (Wildman–Crippen LogP) is 0.614. The Bertz CT molecular complexity index is 48.8. The summed E-state index contributed by atoms with van der Waals surface area (Å²) in [5, 5.41) is 0.454. The number of hydrogen-bond acceptors (Lipinski definition) is 3. The Morgan fingerprint density at radius 1 is 2.00 bits per heavy atom. The zero-order valence-electron chi connectivity index (χ0n) is 3.60. The van der Waals surface area contributed by atoms with E-state index in [1.165, 1.54) is 0 Å². The van der Waals surface area contributed by atoms with Gasteiger partial charge >= 0.3 is 0 Å². The van der Waals surface area contributed by atoms with Crippen LogP contribution in [-0.4, -0.2) is 5.05 Å². The Hall–Kier alpha value is -0.150. The molecule has 0 bridgehead atoms. The highest BCUT2D eigenvalue weighted by Crippen LogP contribution is 1.79. The molecule has 0 saturated carbocycles. The summed E-state index contributed by atoms with van der Waals surface area (Å²) in [6.07, 6.45) is 0.714. The van der Waals surface area contributed by atoms with Crippen molar-refractivity contribution in [1.82, 2.24) is 0 Å². The second-order valence-electron chi connectivity index (χ2n) is 0.843. The largest absolute Gasteiger partial charge is 0.404 e. The van der Waals surface area contributed by atoms with Crippen molar-refractivity contribution in [2.45, 2.75) is 13.3 Å². The average molecular weight is 105 g/mol. The molecule has 0 aromatic heterocycles. The third kappa shape index (κ3) is 2.11. The summed E-state index contributed by atoms with van der Waals surface area (Å²) in [7, 11) is 0. The topological polar surface area (TPSA) is 35.2 Å². The van der Waals surface area contributed by atoms with Crippen molar-refractivity contribution in [3.8, 4) is 0 Å². The van der Waals surface area contributed by atoms with Gasteiger partial charge in [-0.25, -0.2) is 0 Å². The highest BCUT2D eigenvalue weighted by Gasteiger charge is 1.82. The molecule has 0 aliphatic carbocycles. The monoisotopic (exact) mass is 105 g/mol. The van der Waals surface area contributed by atoms with Crippen molar-refractivity contribution in [1.29, 1.82) is 0 Å². The van der Waals surface area contributed by atoms with Crippen LogP contribution in [0.25, 0.3) is 0 Å². The zero-order valence-corrected chi connectivity index (χ0v) is 4.42. The lowest BCUT2D eigenvalue weighted by molar-refractivity contribution is 0.322. The number of hydrogen-bond donors (Lipinski definition) is 1. The highest BCUT2D eigenvalue weighted by molar-refractivity contribution is 7.80. The van der Waals surface area contributed by atoms with Crippen molar-refractivity contribution in [3.63, 3.8) is 0 Å². The fraction of sp³-hybridized carbons (Fsp3) is 0.667. The van der Waals surface area contributed by atoms with Crippen molar-refractivity contribution in [2.24, 2.45) is 5.90 Å². The smallest absolute Gasteiger partial charge is 0.186 e. The van der Waals surface area contributed by atoms with E-state index in [4.69, 9.17) is 0 Å². The van der Waals surface area contributed by atoms with E-state index in [1.54, 1.807) is 0 Å². The standard InChI is InChI=1S/C3H7NOS/c1-2-3(6)5-4/h2,4H2,1H3. The Morgan fingerprint density at radius 2 is 2.50 bits per heavy atom. The zero-order chi connectivity index (χ0) is 4.99. The minimum atomic E-state index is 0.454. The SMILES string of the molecule is CCC(=S)ON.